The van der Waals surface area contributed by atoms with Gasteiger partial charge in [0.25, 0.3) is 0 Å². The molecule has 56 valence electrons. The van der Waals surface area contributed by atoms with Crippen LogP contribution in [0.5, 0.6) is 0 Å². The van der Waals surface area contributed by atoms with Crippen molar-refractivity contribution in [2.45, 2.75) is 17.2 Å². The average molecular weight is 159 g/mol. The molecule has 2 aliphatic heterocycles. The monoisotopic (exact) mass is 159 g/mol. The van der Waals surface area contributed by atoms with Crippen LogP contribution >= 0.6 is 11.8 Å². The standard InChI is InChI=1S/C6H9NO2S/c1-9-6-3-7-4(8)2-5(7)10-6/h5-6H,2-3H2,1H3/t5-,6?/m1/s1. The number of hydrogen-bond donors (Lipinski definition) is 0. The van der Waals surface area contributed by atoms with Crippen LogP contribution in [0.15, 0.2) is 0 Å². The summed E-state index contributed by atoms with van der Waals surface area (Å²) in [5.74, 6) is 0.275. The molecule has 1 amide bonds. The highest BCUT2D eigenvalue weighted by atomic mass is 32.2. The van der Waals surface area contributed by atoms with Gasteiger partial charge < -0.3 is 9.64 Å². The van der Waals surface area contributed by atoms with Crippen molar-refractivity contribution in [2.24, 2.45) is 0 Å². The lowest BCUT2D eigenvalue weighted by Gasteiger charge is -2.32. The van der Waals surface area contributed by atoms with Gasteiger partial charge in [0, 0.05) is 7.11 Å². The number of rotatable bonds is 1. The van der Waals surface area contributed by atoms with Crippen molar-refractivity contribution < 1.29 is 9.53 Å². The molecule has 0 saturated carbocycles. The molecule has 2 fully saturated rings. The van der Waals surface area contributed by atoms with Crippen LogP contribution in [0.2, 0.25) is 0 Å². The van der Waals surface area contributed by atoms with Gasteiger partial charge in [0.05, 0.1) is 18.3 Å². The molecule has 2 saturated heterocycles. The summed E-state index contributed by atoms with van der Waals surface area (Å²) in [4.78, 5) is 12.7. The Morgan fingerprint density at radius 3 is 3.10 bits per heavy atom. The van der Waals surface area contributed by atoms with Gasteiger partial charge in [-0.2, -0.15) is 0 Å². The van der Waals surface area contributed by atoms with Crippen molar-refractivity contribution in [3.63, 3.8) is 0 Å². The topological polar surface area (TPSA) is 29.5 Å². The Hall–Kier alpha value is -0.220. The highest BCUT2D eigenvalue weighted by molar-refractivity contribution is 8.00. The number of amides is 1. The van der Waals surface area contributed by atoms with Crippen LogP contribution in [0.25, 0.3) is 0 Å². The maximum absolute atomic E-state index is 10.8. The van der Waals surface area contributed by atoms with Gasteiger partial charge in [-0.1, -0.05) is 0 Å². The summed E-state index contributed by atoms with van der Waals surface area (Å²) in [6.07, 6.45) is 0.713. The number of carbonyl (C=O) groups excluding carboxylic acids is 1. The second kappa shape index (κ2) is 2.13. The normalized spacial score (nSPS) is 37.7. The number of nitrogens with zero attached hydrogens (tertiary/aromatic N) is 1. The minimum atomic E-state index is 0.219. The van der Waals surface area contributed by atoms with Crippen molar-refractivity contribution in [2.75, 3.05) is 13.7 Å². The molecule has 0 aromatic heterocycles. The summed E-state index contributed by atoms with van der Waals surface area (Å²) in [5.41, 5.74) is 0.219. The van der Waals surface area contributed by atoms with E-state index >= 15 is 0 Å². The molecule has 0 bridgehead atoms. The molecule has 2 atom stereocenters. The van der Waals surface area contributed by atoms with Gasteiger partial charge in [-0.3, -0.25) is 4.79 Å². The maximum Gasteiger partial charge on any atom is 0.226 e. The Labute approximate surface area is 63.7 Å². The van der Waals surface area contributed by atoms with Crippen molar-refractivity contribution >= 4 is 17.7 Å². The fourth-order valence-corrected chi connectivity index (χ4v) is 2.57. The molecule has 0 spiro atoms. The van der Waals surface area contributed by atoms with E-state index in [-0.39, 0.29) is 11.3 Å². The molecule has 0 aliphatic carbocycles. The van der Waals surface area contributed by atoms with Crippen LogP contribution in [0.4, 0.5) is 0 Å². The van der Waals surface area contributed by atoms with Crippen LogP contribution in [0.1, 0.15) is 6.42 Å². The quantitative estimate of drug-likeness (QED) is 0.514. The van der Waals surface area contributed by atoms with E-state index in [9.17, 15) is 4.79 Å². The Morgan fingerprint density at radius 1 is 1.80 bits per heavy atom. The summed E-state index contributed by atoms with van der Waals surface area (Å²) >= 11 is 1.75. The molecule has 10 heavy (non-hydrogen) atoms. The van der Waals surface area contributed by atoms with Gasteiger partial charge in [-0.05, 0) is 0 Å². The second-order valence-electron chi connectivity index (χ2n) is 2.51. The summed E-state index contributed by atoms with van der Waals surface area (Å²) in [6.45, 7) is 0.782. The van der Waals surface area contributed by atoms with Gasteiger partial charge in [0.1, 0.15) is 5.44 Å². The van der Waals surface area contributed by atoms with E-state index in [0.717, 1.165) is 6.54 Å². The van der Waals surface area contributed by atoms with Crippen molar-refractivity contribution in [3.05, 3.63) is 0 Å². The molecule has 2 heterocycles. The Kier molecular flexibility index (Phi) is 1.38. The number of carbonyl (C=O) groups is 1. The fraction of sp³-hybridized carbons (Fsp3) is 0.833. The minimum Gasteiger partial charge on any atom is -0.369 e. The first-order valence-electron chi connectivity index (χ1n) is 3.29. The smallest absolute Gasteiger partial charge is 0.226 e. The third-order valence-electron chi connectivity index (χ3n) is 1.93. The molecular formula is C6H9NO2S. The molecule has 0 aromatic rings. The van der Waals surface area contributed by atoms with Crippen molar-refractivity contribution in [3.8, 4) is 0 Å². The average Bonchev–Trinajstić information content (AvgIpc) is 2.26. The van der Waals surface area contributed by atoms with Crippen LogP contribution < -0.4 is 0 Å². The van der Waals surface area contributed by atoms with Crippen LogP contribution in [0, 0.1) is 0 Å². The predicted molar refractivity (Wildman–Crippen MR) is 38.5 cm³/mol. The zero-order valence-electron chi connectivity index (χ0n) is 5.74. The first-order valence-corrected chi connectivity index (χ1v) is 4.23. The highest BCUT2D eigenvalue weighted by Gasteiger charge is 2.44. The number of thioether (sulfide) groups is 1. The van der Waals surface area contributed by atoms with Gasteiger partial charge in [-0.15, -0.1) is 11.8 Å². The lowest BCUT2D eigenvalue weighted by Crippen LogP contribution is -2.47. The Bertz CT molecular complexity index is 173. The van der Waals surface area contributed by atoms with E-state index in [4.69, 9.17) is 4.74 Å². The van der Waals surface area contributed by atoms with E-state index in [1.54, 1.807) is 18.9 Å². The molecule has 2 aliphatic rings. The number of hydrogen-bond acceptors (Lipinski definition) is 3. The number of ether oxygens (including phenoxy) is 1. The molecule has 3 nitrogen and oxygen atoms in total. The highest BCUT2D eigenvalue weighted by Crippen LogP contribution is 2.39. The van der Waals surface area contributed by atoms with Gasteiger partial charge in [0.15, 0.2) is 0 Å². The summed E-state index contributed by atoms with van der Waals surface area (Å²) in [6, 6.07) is 0. The van der Waals surface area contributed by atoms with Crippen LogP contribution in [-0.4, -0.2) is 35.3 Å². The Balaban J connectivity index is 1.99. The third-order valence-corrected chi connectivity index (χ3v) is 3.32. The maximum atomic E-state index is 10.8. The van der Waals surface area contributed by atoms with Gasteiger partial charge >= 0.3 is 0 Å². The SMILES string of the molecule is COC1CN2C(=O)C[C@H]2S1. The fourth-order valence-electron chi connectivity index (χ4n) is 1.27. The van der Waals surface area contributed by atoms with E-state index in [1.165, 1.54) is 0 Å². The molecular weight excluding hydrogens is 150 g/mol. The summed E-state index contributed by atoms with van der Waals surface area (Å²) in [7, 11) is 1.69. The van der Waals surface area contributed by atoms with Crippen molar-refractivity contribution in [1.29, 1.82) is 0 Å². The van der Waals surface area contributed by atoms with Crippen molar-refractivity contribution in [1.82, 2.24) is 4.90 Å². The molecule has 0 aromatic carbocycles. The van der Waals surface area contributed by atoms with E-state index in [2.05, 4.69) is 0 Å². The third kappa shape index (κ3) is 0.754. The number of methoxy groups -OCH3 is 1. The number of β-lactam (4-membered cyclic amide) rings is 1. The first-order chi connectivity index (χ1) is 4.81. The molecule has 0 radical (unpaired) electrons. The lowest BCUT2D eigenvalue weighted by atomic mass is 10.2. The van der Waals surface area contributed by atoms with Crippen LogP contribution in [0.3, 0.4) is 0 Å². The van der Waals surface area contributed by atoms with E-state index in [1.807, 2.05) is 4.90 Å². The Morgan fingerprint density at radius 2 is 2.60 bits per heavy atom. The van der Waals surface area contributed by atoms with E-state index < -0.39 is 0 Å². The zero-order valence-corrected chi connectivity index (χ0v) is 6.56. The molecule has 1 unspecified atom stereocenters. The lowest BCUT2D eigenvalue weighted by molar-refractivity contribution is -0.141. The summed E-state index contributed by atoms with van der Waals surface area (Å²) in [5, 5.41) is 0.428. The second-order valence-corrected chi connectivity index (χ2v) is 3.85. The largest absolute Gasteiger partial charge is 0.369 e. The molecule has 0 N–H and O–H groups in total. The molecule has 2 rings (SSSR count). The zero-order chi connectivity index (χ0) is 7.14. The first kappa shape index (κ1) is 6.49. The van der Waals surface area contributed by atoms with Gasteiger partial charge in [-0.25, -0.2) is 0 Å². The van der Waals surface area contributed by atoms with Gasteiger partial charge in [0.2, 0.25) is 5.91 Å². The predicted octanol–water partition coefficient (Wildman–Crippen LogP) is 0.264. The molecule has 4 heteroatoms. The summed E-state index contributed by atoms with van der Waals surface area (Å²) < 4.78 is 5.11. The minimum absolute atomic E-state index is 0.219. The van der Waals surface area contributed by atoms with Crippen LogP contribution in [-0.2, 0) is 9.53 Å². The number of fused-ring (bicyclic) bond motifs is 1. The van der Waals surface area contributed by atoms with E-state index in [0.29, 0.717) is 11.8 Å².